The molecule has 1 fully saturated rings. The second kappa shape index (κ2) is 9.04. The summed E-state index contributed by atoms with van der Waals surface area (Å²) in [7, 11) is 1.87. The molecule has 1 aromatic heterocycles. The normalized spacial score (nSPS) is 15.8. The van der Waals surface area contributed by atoms with Gasteiger partial charge in [-0.3, -0.25) is 4.79 Å². The number of hydrogen-bond donors (Lipinski definition) is 1. The Bertz CT molecular complexity index is 903. The van der Waals surface area contributed by atoms with Gasteiger partial charge in [-0.25, -0.2) is 4.68 Å². The van der Waals surface area contributed by atoms with E-state index in [2.05, 4.69) is 16.5 Å². The van der Waals surface area contributed by atoms with Crippen molar-refractivity contribution in [3.8, 4) is 5.69 Å². The third kappa shape index (κ3) is 4.26. The van der Waals surface area contributed by atoms with Crippen LogP contribution in [0.1, 0.15) is 33.8 Å². The highest BCUT2D eigenvalue weighted by atomic mass is 35.5. The monoisotopic (exact) mass is 396 g/mol. The lowest BCUT2D eigenvalue weighted by atomic mass is 9.93. The van der Waals surface area contributed by atoms with E-state index in [1.165, 1.54) is 0 Å². The van der Waals surface area contributed by atoms with Crippen molar-refractivity contribution in [2.75, 3.05) is 20.1 Å². The number of hydrogen-bond acceptors (Lipinski definition) is 3. The molecule has 1 atom stereocenters. The first-order valence-corrected chi connectivity index (χ1v) is 9.36. The van der Waals surface area contributed by atoms with Crippen LogP contribution >= 0.6 is 12.4 Å². The highest BCUT2D eigenvalue weighted by Crippen LogP contribution is 2.26. The molecule has 0 bridgehead atoms. The molecule has 1 saturated heterocycles. The number of benzene rings is 2. The van der Waals surface area contributed by atoms with Crippen molar-refractivity contribution in [2.45, 2.75) is 18.9 Å². The van der Waals surface area contributed by atoms with Gasteiger partial charge in [0.15, 0.2) is 0 Å². The fourth-order valence-corrected chi connectivity index (χ4v) is 3.69. The molecule has 1 aliphatic heterocycles. The van der Waals surface area contributed by atoms with Crippen LogP contribution in [0.4, 0.5) is 0 Å². The molecule has 1 N–H and O–H groups in total. The molecular weight excluding hydrogens is 372 g/mol. The minimum Gasteiger partial charge on any atom is -0.337 e. The van der Waals surface area contributed by atoms with Crippen molar-refractivity contribution < 1.29 is 4.79 Å². The van der Waals surface area contributed by atoms with Crippen LogP contribution in [0.5, 0.6) is 0 Å². The number of carbonyl (C=O) groups is 1. The molecule has 1 aliphatic rings. The zero-order chi connectivity index (χ0) is 18.6. The Kier molecular flexibility index (Phi) is 6.49. The van der Waals surface area contributed by atoms with E-state index in [9.17, 15) is 4.79 Å². The summed E-state index contributed by atoms with van der Waals surface area (Å²) in [4.78, 5) is 14.9. The first kappa shape index (κ1) is 20.1. The Morgan fingerprint density at radius 3 is 2.64 bits per heavy atom. The van der Waals surface area contributed by atoms with E-state index in [1.807, 2.05) is 66.5 Å². The molecule has 3 aromatic rings. The minimum absolute atomic E-state index is 0. The molecule has 0 aliphatic carbocycles. The fraction of sp³-hybridized carbons (Fsp3) is 0.273. The van der Waals surface area contributed by atoms with E-state index in [4.69, 9.17) is 0 Å². The van der Waals surface area contributed by atoms with Gasteiger partial charge in [-0.15, -0.1) is 12.4 Å². The third-order valence-corrected chi connectivity index (χ3v) is 5.16. The molecule has 4 rings (SSSR count). The van der Waals surface area contributed by atoms with Gasteiger partial charge >= 0.3 is 0 Å². The minimum atomic E-state index is 0. The lowest BCUT2D eigenvalue weighted by molar-refractivity contribution is 0.0783. The SMILES string of the molecule is CN(Cc1ccc(-n2cccn2)cc1)C(=O)c1ccccc1C1CCNC1.Cl. The van der Waals surface area contributed by atoms with E-state index >= 15 is 0 Å². The molecule has 6 heteroatoms. The van der Waals surface area contributed by atoms with E-state index in [-0.39, 0.29) is 18.3 Å². The van der Waals surface area contributed by atoms with E-state index in [0.717, 1.165) is 41.9 Å². The van der Waals surface area contributed by atoms with Crippen molar-refractivity contribution in [3.63, 3.8) is 0 Å². The predicted octanol–water partition coefficient (Wildman–Crippen LogP) is 3.64. The molecule has 2 aromatic carbocycles. The van der Waals surface area contributed by atoms with Crippen LogP contribution in [0, 0.1) is 0 Å². The standard InChI is InChI=1S/C22H24N4O.ClH/c1-25(16-17-7-9-19(10-8-17)26-14-4-12-24-26)22(27)21-6-3-2-5-20(21)18-11-13-23-15-18;/h2-10,12,14,18,23H,11,13,15-16H2,1H3;1H. The summed E-state index contributed by atoms with van der Waals surface area (Å²) in [5, 5.41) is 7.63. The lowest BCUT2D eigenvalue weighted by Gasteiger charge is -2.21. The summed E-state index contributed by atoms with van der Waals surface area (Å²) in [6.07, 6.45) is 4.76. The summed E-state index contributed by atoms with van der Waals surface area (Å²) in [6.45, 7) is 2.55. The summed E-state index contributed by atoms with van der Waals surface area (Å²) in [5.74, 6) is 0.501. The number of amides is 1. The number of aromatic nitrogens is 2. The first-order chi connectivity index (χ1) is 13.2. The van der Waals surface area contributed by atoms with Crippen molar-refractivity contribution >= 4 is 18.3 Å². The molecular formula is C22H25ClN4O. The van der Waals surface area contributed by atoms with Crippen molar-refractivity contribution in [2.24, 2.45) is 0 Å². The molecule has 1 unspecified atom stereocenters. The number of halogens is 1. The van der Waals surface area contributed by atoms with Gasteiger partial charge in [0.25, 0.3) is 5.91 Å². The number of nitrogens with one attached hydrogen (secondary N) is 1. The zero-order valence-corrected chi connectivity index (χ0v) is 16.7. The summed E-state index contributed by atoms with van der Waals surface area (Å²) < 4.78 is 1.82. The number of nitrogens with zero attached hydrogens (tertiary/aromatic N) is 3. The molecule has 0 spiro atoms. The van der Waals surface area contributed by atoms with Crippen molar-refractivity contribution in [1.82, 2.24) is 20.0 Å². The number of carbonyl (C=O) groups excluding carboxylic acids is 1. The van der Waals surface area contributed by atoms with E-state index in [0.29, 0.717) is 12.5 Å². The summed E-state index contributed by atoms with van der Waals surface area (Å²) >= 11 is 0. The van der Waals surface area contributed by atoms with Crippen LogP contribution in [0.3, 0.4) is 0 Å². The topological polar surface area (TPSA) is 50.2 Å². The van der Waals surface area contributed by atoms with Crippen LogP contribution in [0.15, 0.2) is 67.0 Å². The Morgan fingerprint density at radius 1 is 1.18 bits per heavy atom. The molecule has 5 nitrogen and oxygen atoms in total. The lowest BCUT2D eigenvalue weighted by Crippen LogP contribution is -2.27. The Morgan fingerprint density at radius 2 is 1.96 bits per heavy atom. The largest absolute Gasteiger partial charge is 0.337 e. The Balaban J connectivity index is 0.00000225. The molecule has 0 radical (unpaired) electrons. The van der Waals surface area contributed by atoms with Crippen LogP contribution in [0.2, 0.25) is 0 Å². The zero-order valence-electron chi connectivity index (χ0n) is 15.9. The maximum absolute atomic E-state index is 13.1. The number of rotatable bonds is 5. The van der Waals surface area contributed by atoms with Gasteiger partial charge in [0.05, 0.1) is 5.69 Å². The second-order valence-corrected chi connectivity index (χ2v) is 7.06. The molecule has 1 amide bonds. The maximum atomic E-state index is 13.1. The average molecular weight is 397 g/mol. The van der Waals surface area contributed by atoms with Gasteiger partial charge in [0.2, 0.25) is 0 Å². The maximum Gasteiger partial charge on any atom is 0.254 e. The highest BCUT2D eigenvalue weighted by Gasteiger charge is 2.23. The van der Waals surface area contributed by atoms with E-state index < -0.39 is 0 Å². The van der Waals surface area contributed by atoms with Gasteiger partial charge < -0.3 is 10.2 Å². The van der Waals surface area contributed by atoms with Crippen LogP contribution in [-0.4, -0.2) is 40.7 Å². The quantitative estimate of drug-likeness (QED) is 0.716. The second-order valence-electron chi connectivity index (χ2n) is 7.06. The molecule has 0 saturated carbocycles. The highest BCUT2D eigenvalue weighted by molar-refractivity contribution is 5.95. The summed E-state index contributed by atoms with van der Waals surface area (Å²) in [5.41, 5.74) is 4.09. The first-order valence-electron chi connectivity index (χ1n) is 9.36. The smallest absolute Gasteiger partial charge is 0.254 e. The van der Waals surface area contributed by atoms with Gasteiger partial charge in [-0.05, 0) is 54.3 Å². The molecule has 28 heavy (non-hydrogen) atoms. The van der Waals surface area contributed by atoms with Gasteiger partial charge in [-0.1, -0.05) is 30.3 Å². The average Bonchev–Trinajstić information content (AvgIpc) is 3.42. The Labute approximate surface area is 171 Å². The van der Waals surface area contributed by atoms with Crippen molar-refractivity contribution in [1.29, 1.82) is 0 Å². The third-order valence-electron chi connectivity index (χ3n) is 5.16. The van der Waals surface area contributed by atoms with Crippen LogP contribution < -0.4 is 5.32 Å². The van der Waals surface area contributed by atoms with Gasteiger partial charge in [0, 0.05) is 38.1 Å². The van der Waals surface area contributed by atoms with Crippen molar-refractivity contribution in [3.05, 3.63) is 83.7 Å². The predicted molar refractivity (Wildman–Crippen MR) is 113 cm³/mol. The van der Waals surface area contributed by atoms with Crippen LogP contribution in [-0.2, 0) is 6.54 Å². The molecule has 146 valence electrons. The van der Waals surface area contributed by atoms with Gasteiger partial charge in [0.1, 0.15) is 0 Å². The van der Waals surface area contributed by atoms with E-state index in [1.54, 1.807) is 11.1 Å². The summed E-state index contributed by atoms with van der Waals surface area (Å²) in [6, 6.07) is 18.1. The van der Waals surface area contributed by atoms with Gasteiger partial charge in [-0.2, -0.15) is 5.10 Å². The Hall–Kier alpha value is -2.63. The van der Waals surface area contributed by atoms with Crippen LogP contribution in [0.25, 0.3) is 5.69 Å². The fourth-order valence-electron chi connectivity index (χ4n) is 3.69. The molecule has 2 heterocycles.